The number of carbonyl (C=O) groups excluding carboxylic acids is 1. The molecule has 4 rings (SSSR count). The number of unbranched alkanes of at least 4 members (excludes halogenated alkanes) is 2. The molecule has 0 bridgehead atoms. The number of aldehydes is 1. The summed E-state index contributed by atoms with van der Waals surface area (Å²) in [6.45, 7) is 5.44. The van der Waals surface area contributed by atoms with Gasteiger partial charge in [-0.15, -0.1) is 0 Å². The Balaban J connectivity index is 0.000000751. The van der Waals surface area contributed by atoms with Crippen LogP contribution >= 0.6 is 0 Å². The SMILES string of the molecule is C=CC=O.CCCCCC1CCC(C2CCC(C3CCC(c4ccc(N)cc4)CC3)CC2)CC1. The summed E-state index contributed by atoms with van der Waals surface area (Å²) in [5.41, 5.74) is 8.29. The first-order valence-electron chi connectivity index (χ1n) is 14.6. The van der Waals surface area contributed by atoms with Crippen molar-refractivity contribution < 1.29 is 4.79 Å². The van der Waals surface area contributed by atoms with E-state index in [1.807, 2.05) is 0 Å². The van der Waals surface area contributed by atoms with Crippen LogP contribution in [0, 0.1) is 29.6 Å². The van der Waals surface area contributed by atoms with Gasteiger partial charge in [0.2, 0.25) is 0 Å². The van der Waals surface area contributed by atoms with Gasteiger partial charge < -0.3 is 5.73 Å². The van der Waals surface area contributed by atoms with E-state index < -0.39 is 0 Å². The highest BCUT2D eigenvalue weighted by atomic mass is 16.1. The molecule has 1 aromatic carbocycles. The van der Waals surface area contributed by atoms with Crippen molar-refractivity contribution in [3.05, 3.63) is 42.5 Å². The van der Waals surface area contributed by atoms with Crippen molar-refractivity contribution in [1.82, 2.24) is 0 Å². The molecule has 3 saturated carbocycles. The Kier molecular flexibility index (Phi) is 11.7. The molecule has 0 unspecified atom stereocenters. The second kappa shape index (κ2) is 14.7. The first kappa shape index (κ1) is 27.0. The molecule has 2 nitrogen and oxygen atoms in total. The van der Waals surface area contributed by atoms with Gasteiger partial charge in [0, 0.05) is 5.69 Å². The number of benzene rings is 1. The third-order valence-corrected chi connectivity index (χ3v) is 9.53. The van der Waals surface area contributed by atoms with E-state index in [-0.39, 0.29) is 0 Å². The third kappa shape index (κ3) is 8.28. The van der Waals surface area contributed by atoms with Crippen LogP contribution in [-0.4, -0.2) is 6.29 Å². The van der Waals surface area contributed by atoms with E-state index in [0.29, 0.717) is 6.29 Å². The highest BCUT2D eigenvalue weighted by Gasteiger charge is 2.34. The molecule has 0 aromatic heterocycles. The fourth-order valence-corrected chi connectivity index (χ4v) is 7.41. The molecule has 0 aliphatic heterocycles. The molecule has 0 spiro atoms. The van der Waals surface area contributed by atoms with Crippen LogP contribution < -0.4 is 5.73 Å². The van der Waals surface area contributed by atoms with Gasteiger partial charge in [0.1, 0.15) is 6.29 Å². The fraction of sp³-hybridized carbons (Fsp3) is 0.719. The minimum absolute atomic E-state index is 0.639. The zero-order valence-corrected chi connectivity index (χ0v) is 21.9. The molecule has 3 aliphatic carbocycles. The number of nitrogens with two attached hydrogens (primary N) is 1. The van der Waals surface area contributed by atoms with Crippen molar-refractivity contribution in [1.29, 1.82) is 0 Å². The number of nitrogen functional groups attached to an aromatic ring is 1. The molecular formula is C32H51NO. The van der Waals surface area contributed by atoms with Crippen LogP contribution in [0.3, 0.4) is 0 Å². The number of carbonyl (C=O) groups is 1. The zero-order valence-electron chi connectivity index (χ0n) is 21.9. The smallest absolute Gasteiger partial charge is 0.142 e. The standard InChI is InChI=1S/C29H47N.C3H4O/c1-2-3-4-5-22-6-8-23(9-7-22)24-10-12-25(13-11-24)26-14-16-27(17-15-26)28-18-20-29(30)21-19-28;1-2-3-4/h18-27H,2-17,30H2,1H3;2-3H,1H2. The quantitative estimate of drug-likeness (QED) is 0.180. The van der Waals surface area contributed by atoms with Gasteiger partial charge in [0.15, 0.2) is 0 Å². The van der Waals surface area contributed by atoms with Gasteiger partial charge in [-0.3, -0.25) is 4.79 Å². The van der Waals surface area contributed by atoms with Crippen LogP contribution in [0.15, 0.2) is 36.9 Å². The Morgan fingerprint density at radius 3 is 1.65 bits per heavy atom. The Bertz CT molecular complexity index is 680. The third-order valence-electron chi connectivity index (χ3n) is 9.53. The minimum atomic E-state index is 0.639. The highest BCUT2D eigenvalue weighted by Crippen LogP contribution is 2.47. The summed E-state index contributed by atoms with van der Waals surface area (Å²) < 4.78 is 0. The topological polar surface area (TPSA) is 43.1 Å². The first-order valence-corrected chi connectivity index (χ1v) is 14.6. The van der Waals surface area contributed by atoms with E-state index in [9.17, 15) is 0 Å². The summed E-state index contributed by atoms with van der Waals surface area (Å²) >= 11 is 0. The van der Waals surface area contributed by atoms with Crippen LogP contribution in [0.2, 0.25) is 0 Å². The molecule has 2 heteroatoms. The molecule has 34 heavy (non-hydrogen) atoms. The van der Waals surface area contributed by atoms with E-state index >= 15 is 0 Å². The molecule has 0 radical (unpaired) electrons. The molecule has 3 fully saturated rings. The number of allylic oxidation sites excluding steroid dienone is 1. The molecule has 190 valence electrons. The average molecular weight is 466 g/mol. The maximum Gasteiger partial charge on any atom is 0.142 e. The molecule has 2 N–H and O–H groups in total. The average Bonchev–Trinajstić information content (AvgIpc) is 2.90. The van der Waals surface area contributed by atoms with Crippen molar-refractivity contribution in [2.75, 3.05) is 5.73 Å². The first-order chi connectivity index (χ1) is 16.6. The normalized spacial score (nSPS) is 31.7. The van der Waals surface area contributed by atoms with Gasteiger partial charge in [-0.05, 0) is 123 Å². The van der Waals surface area contributed by atoms with Gasteiger partial charge in [0.05, 0.1) is 0 Å². The Morgan fingerprint density at radius 2 is 1.21 bits per heavy atom. The molecule has 0 saturated heterocycles. The lowest BCUT2D eigenvalue weighted by molar-refractivity contribution is -0.104. The summed E-state index contributed by atoms with van der Waals surface area (Å²) in [7, 11) is 0. The fourth-order valence-electron chi connectivity index (χ4n) is 7.41. The summed E-state index contributed by atoms with van der Waals surface area (Å²) in [5, 5.41) is 0. The van der Waals surface area contributed by atoms with E-state index in [1.54, 1.807) is 38.5 Å². The number of rotatable bonds is 8. The molecule has 3 aliphatic rings. The van der Waals surface area contributed by atoms with E-state index in [1.165, 1.54) is 75.8 Å². The minimum Gasteiger partial charge on any atom is -0.399 e. The number of hydrogen-bond acceptors (Lipinski definition) is 2. The molecule has 1 aromatic rings. The lowest BCUT2D eigenvalue weighted by Gasteiger charge is -2.41. The van der Waals surface area contributed by atoms with Crippen molar-refractivity contribution in [3.8, 4) is 0 Å². The number of anilines is 1. The van der Waals surface area contributed by atoms with Crippen LogP contribution in [0.4, 0.5) is 5.69 Å². The van der Waals surface area contributed by atoms with Gasteiger partial charge >= 0.3 is 0 Å². The van der Waals surface area contributed by atoms with Gasteiger partial charge in [-0.2, -0.15) is 0 Å². The van der Waals surface area contributed by atoms with Crippen LogP contribution in [0.5, 0.6) is 0 Å². The molecule has 0 heterocycles. The molecular weight excluding hydrogens is 414 g/mol. The van der Waals surface area contributed by atoms with Crippen molar-refractivity contribution in [2.24, 2.45) is 29.6 Å². The van der Waals surface area contributed by atoms with Crippen molar-refractivity contribution >= 4 is 12.0 Å². The van der Waals surface area contributed by atoms with E-state index in [4.69, 9.17) is 10.5 Å². The summed E-state index contributed by atoms with van der Waals surface area (Å²) in [4.78, 5) is 9.06. The van der Waals surface area contributed by atoms with Gasteiger partial charge in [0.25, 0.3) is 0 Å². The maximum atomic E-state index is 9.06. The van der Waals surface area contributed by atoms with Crippen molar-refractivity contribution in [3.63, 3.8) is 0 Å². The lowest BCUT2D eigenvalue weighted by Crippen LogP contribution is -2.29. The van der Waals surface area contributed by atoms with E-state index in [0.717, 1.165) is 41.2 Å². The Hall–Kier alpha value is -1.57. The predicted octanol–water partition coefficient (Wildman–Crippen LogP) is 9.11. The largest absolute Gasteiger partial charge is 0.399 e. The maximum absolute atomic E-state index is 9.06. The predicted molar refractivity (Wildman–Crippen MR) is 147 cm³/mol. The van der Waals surface area contributed by atoms with Gasteiger partial charge in [-0.25, -0.2) is 0 Å². The Labute approximate surface area is 210 Å². The lowest BCUT2D eigenvalue weighted by atomic mass is 9.64. The van der Waals surface area contributed by atoms with Crippen LogP contribution in [0.1, 0.15) is 121 Å². The van der Waals surface area contributed by atoms with Crippen molar-refractivity contribution in [2.45, 2.75) is 116 Å². The zero-order chi connectivity index (χ0) is 24.2. The summed E-state index contributed by atoms with van der Waals surface area (Å²) in [6.07, 6.45) is 25.8. The van der Waals surface area contributed by atoms with Crippen LogP contribution in [-0.2, 0) is 4.79 Å². The highest BCUT2D eigenvalue weighted by molar-refractivity contribution is 5.63. The summed E-state index contributed by atoms with van der Waals surface area (Å²) in [6, 6.07) is 8.71. The summed E-state index contributed by atoms with van der Waals surface area (Å²) in [5.74, 6) is 6.06. The number of hydrogen-bond donors (Lipinski definition) is 1. The van der Waals surface area contributed by atoms with E-state index in [2.05, 4.69) is 37.8 Å². The molecule has 0 amide bonds. The second-order valence-electron chi connectivity index (χ2n) is 11.6. The Morgan fingerprint density at radius 1 is 0.765 bits per heavy atom. The second-order valence-corrected chi connectivity index (χ2v) is 11.6. The molecule has 0 atom stereocenters. The van der Waals surface area contributed by atoms with Crippen LogP contribution in [0.25, 0.3) is 0 Å². The van der Waals surface area contributed by atoms with Gasteiger partial charge in [-0.1, -0.05) is 64.2 Å². The monoisotopic (exact) mass is 465 g/mol.